The highest BCUT2D eigenvalue weighted by molar-refractivity contribution is 7.89. The van der Waals surface area contributed by atoms with E-state index in [1.165, 1.54) is 10.4 Å². The monoisotopic (exact) mass is 384 g/mol. The molecule has 2 aromatic carbocycles. The Morgan fingerprint density at radius 1 is 1.12 bits per heavy atom. The van der Waals surface area contributed by atoms with Gasteiger partial charge >= 0.3 is 0 Å². The van der Waals surface area contributed by atoms with E-state index in [-0.39, 0.29) is 29.1 Å². The predicted octanol–water partition coefficient (Wildman–Crippen LogP) is 2.92. The Kier molecular flexibility index (Phi) is 6.21. The van der Waals surface area contributed by atoms with Crippen LogP contribution >= 0.6 is 12.4 Å². The fraction of sp³-hybridized carbons (Fsp3) is 0.333. The van der Waals surface area contributed by atoms with Gasteiger partial charge in [-0.05, 0) is 36.6 Å². The van der Waals surface area contributed by atoms with Crippen molar-refractivity contribution in [3.05, 3.63) is 65.5 Å². The van der Waals surface area contributed by atoms with E-state index >= 15 is 0 Å². The van der Waals surface area contributed by atoms with Crippen LogP contribution in [0.1, 0.15) is 17.0 Å². The van der Waals surface area contributed by atoms with Gasteiger partial charge in [-0.15, -0.1) is 12.4 Å². The van der Waals surface area contributed by atoms with Crippen LogP contribution in [0.25, 0.3) is 0 Å². The zero-order valence-electron chi connectivity index (χ0n) is 13.9. The fourth-order valence-corrected chi connectivity index (χ4v) is 4.96. The minimum atomic E-state index is -3.87. The molecule has 1 saturated heterocycles. The van der Waals surface area contributed by atoms with Crippen LogP contribution in [0.5, 0.6) is 0 Å². The third-order valence-corrected chi connectivity index (χ3v) is 6.56. The highest BCUT2D eigenvalue weighted by Gasteiger charge is 2.40. The molecule has 0 radical (unpaired) electrons. The van der Waals surface area contributed by atoms with Crippen LogP contribution < -0.4 is 5.73 Å². The van der Waals surface area contributed by atoms with Gasteiger partial charge < -0.3 is 5.73 Å². The fourth-order valence-electron chi connectivity index (χ4n) is 3.30. The summed E-state index contributed by atoms with van der Waals surface area (Å²) in [5.74, 6) is -0.626. The van der Waals surface area contributed by atoms with E-state index < -0.39 is 15.8 Å². The van der Waals surface area contributed by atoms with Gasteiger partial charge in [-0.25, -0.2) is 12.8 Å². The highest BCUT2D eigenvalue weighted by atomic mass is 35.5. The molecule has 0 aromatic heterocycles. The molecule has 2 N–H and O–H groups in total. The maximum Gasteiger partial charge on any atom is 0.246 e. The van der Waals surface area contributed by atoms with Gasteiger partial charge in [0, 0.05) is 19.0 Å². The summed E-state index contributed by atoms with van der Waals surface area (Å²) < 4.78 is 41.5. The lowest BCUT2D eigenvalue weighted by Gasteiger charge is -2.17. The summed E-state index contributed by atoms with van der Waals surface area (Å²) in [7, 11) is -3.87. The molecular weight excluding hydrogens is 363 g/mol. The molecular formula is C18H22ClFN2O2S. The molecule has 136 valence electrons. The van der Waals surface area contributed by atoms with Crippen LogP contribution in [0.4, 0.5) is 4.39 Å². The second kappa shape index (κ2) is 7.83. The first kappa shape index (κ1) is 19.8. The Morgan fingerprint density at radius 3 is 2.44 bits per heavy atom. The Labute approximate surface area is 154 Å². The first-order valence-electron chi connectivity index (χ1n) is 7.95. The molecule has 0 aliphatic carbocycles. The lowest BCUT2D eigenvalue weighted by Crippen LogP contribution is -2.30. The summed E-state index contributed by atoms with van der Waals surface area (Å²) >= 11 is 0. The molecule has 1 aliphatic rings. The van der Waals surface area contributed by atoms with Crippen LogP contribution in [0.3, 0.4) is 0 Å². The Hall–Kier alpha value is -1.47. The molecule has 1 heterocycles. The number of rotatable bonds is 4. The van der Waals surface area contributed by atoms with Crippen molar-refractivity contribution in [3.8, 4) is 0 Å². The summed E-state index contributed by atoms with van der Waals surface area (Å²) in [5.41, 5.74) is 7.25. The molecule has 1 aliphatic heterocycles. The molecule has 0 amide bonds. The van der Waals surface area contributed by atoms with Gasteiger partial charge in [0.1, 0.15) is 10.7 Å². The third-order valence-electron chi connectivity index (χ3n) is 4.71. The second-order valence-electron chi connectivity index (χ2n) is 6.22. The molecule has 0 spiro atoms. The van der Waals surface area contributed by atoms with Crippen LogP contribution in [0.15, 0.2) is 53.4 Å². The molecule has 2 aromatic rings. The molecule has 3 rings (SSSR count). The van der Waals surface area contributed by atoms with Crippen molar-refractivity contribution in [3.63, 3.8) is 0 Å². The highest BCUT2D eigenvalue weighted by Crippen LogP contribution is 2.35. The summed E-state index contributed by atoms with van der Waals surface area (Å²) in [6.07, 6.45) is 0. The molecule has 0 unspecified atom stereocenters. The Balaban J connectivity index is 0.00000225. The maximum atomic E-state index is 14.3. The number of hydrogen-bond acceptors (Lipinski definition) is 3. The van der Waals surface area contributed by atoms with Gasteiger partial charge in [-0.1, -0.05) is 42.5 Å². The van der Waals surface area contributed by atoms with Crippen molar-refractivity contribution in [2.75, 3.05) is 19.6 Å². The van der Waals surface area contributed by atoms with E-state index in [1.807, 2.05) is 30.3 Å². The van der Waals surface area contributed by atoms with Crippen LogP contribution in [0.2, 0.25) is 0 Å². The van der Waals surface area contributed by atoms with Crippen molar-refractivity contribution in [2.45, 2.75) is 17.7 Å². The lowest BCUT2D eigenvalue weighted by atomic mass is 9.89. The van der Waals surface area contributed by atoms with Crippen molar-refractivity contribution in [1.82, 2.24) is 4.31 Å². The van der Waals surface area contributed by atoms with Gasteiger partial charge in [0.05, 0.1) is 0 Å². The minimum Gasteiger partial charge on any atom is -0.330 e. The van der Waals surface area contributed by atoms with Gasteiger partial charge in [0.25, 0.3) is 0 Å². The van der Waals surface area contributed by atoms with E-state index in [4.69, 9.17) is 5.73 Å². The number of hydrogen-bond donors (Lipinski definition) is 1. The van der Waals surface area contributed by atoms with E-state index in [9.17, 15) is 12.8 Å². The van der Waals surface area contributed by atoms with Crippen molar-refractivity contribution in [2.24, 2.45) is 11.7 Å². The number of benzene rings is 2. The van der Waals surface area contributed by atoms with Crippen LogP contribution in [-0.4, -0.2) is 32.4 Å². The van der Waals surface area contributed by atoms with E-state index in [0.29, 0.717) is 25.2 Å². The van der Waals surface area contributed by atoms with E-state index in [2.05, 4.69) is 0 Å². The quantitative estimate of drug-likeness (QED) is 0.881. The summed E-state index contributed by atoms with van der Waals surface area (Å²) in [6, 6.07) is 14.2. The molecule has 0 bridgehead atoms. The maximum absolute atomic E-state index is 14.3. The number of halogens is 2. The largest absolute Gasteiger partial charge is 0.330 e. The Morgan fingerprint density at radius 2 is 1.80 bits per heavy atom. The van der Waals surface area contributed by atoms with Gasteiger partial charge in [-0.2, -0.15) is 4.31 Å². The zero-order chi connectivity index (χ0) is 17.3. The second-order valence-corrected chi connectivity index (χ2v) is 8.13. The average Bonchev–Trinajstić information content (AvgIpc) is 3.03. The molecule has 4 nitrogen and oxygen atoms in total. The van der Waals surface area contributed by atoms with Gasteiger partial charge in [0.15, 0.2) is 0 Å². The SMILES string of the molecule is Cc1cccc(S(=O)(=O)N2C[C@@H](CN)[C@H](c3ccccc3)C2)c1F.Cl. The summed E-state index contributed by atoms with van der Waals surface area (Å²) in [4.78, 5) is -0.257. The predicted molar refractivity (Wildman–Crippen MR) is 98.9 cm³/mol. The van der Waals surface area contributed by atoms with Crippen LogP contribution in [0, 0.1) is 18.7 Å². The summed E-state index contributed by atoms with van der Waals surface area (Å²) in [6.45, 7) is 2.59. The molecule has 25 heavy (non-hydrogen) atoms. The smallest absolute Gasteiger partial charge is 0.246 e. The molecule has 2 atom stereocenters. The standard InChI is InChI=1S/C18H21FN2O2S.ClH/c1-13-6-5-9-17(18(13)19)24(22,23)21-11-15(10-20)16(12-21)14-7-3-2-4-8-14;/h2-9,15-16H,10-12,20H2,1H3;1H/t15-,16+;/m1./s1. The molecule has 7 heteroatoms. The van der Waals surface area contributed by atoms with Gasteiger partial charge in [0.2, 0.25) is 10.0 Å². The molecule has 1 fully saturated rings. The lowest BCUT2D eigenvalue weighted by molar-refractivity contribution is 0.452. The number of nitrogens with zero attached hydrogens (tertiary/aromatic N) is 1. The minimum absolute atomic E-state index is 0. The van der Waals surface area contributed by atoms with Crippen molar-refractivity contribution in [1.29, 1.82) is 0 Å². The van der Waals surface area contributed by atoms with Crippen molar-refractivity contribution < 1.29 is 12.8 Å². The third kappa shape index (κ3) is 3.72. The van der Waals surface area contributed by atoms with E-state index in [0.717, 1.165) is 5.56 Å². The van der Waals surface area contributed by atoms with E-state index in [1.54, 1.807) is 19.1 Å². The first-order valence-corrected chi connectivity index (χ1v) is 9.39. The molecule has 0 saturated carbocycles. The normalized spacial score (nSPS) is 21.1. The number of nitrogens with two attached hydrogens (primary N) is 1. The van der Waals surface area contributed by atoms with Crippen LogP contribution in [-0.2, 0) is 10.0 Å². The zero-order valence-corrected chi connectivity index (χ0v) is 15.6. The number of aryl methyl sites for hydroxylation is 1. The average molecular weight is 385 g/mol. The van der Waals surface area contributed by atoms with Crippen molar-refractivity contribution >= 4 is 22.4 Å². The summed E-state index contributed by atoms with van der Waals surface area (Å²) in [5, 5.41) is 0. The first-order chi connectivity index (χ1) is 11.4. The topological polar surface area (TPSA) is 63.4 Å². The Bertz CT molecular complexity index is 830. The number of sulfonamides is 1. The van der Waals surface area contributed by atoms with Gasteiger partial charge in [-0.3, -0.25) is 0 Å².